The molecule has 2 aromatic rings. The van der Waals surface area contributed by atoms with Crippen molar-refractivity contribution in [2.24, 2.45) is 0 Å². The van der Waals surface area contributed by atoms with Gasteiger partial charge in [-0.3, -0.25) is 9.36 Å². The zero-order valence-corrected chi connectivity index (χ0v) is 13.5. The first-order valence-electron chi connectivity index (χ1n) is 7.04. The van der Waals surface area contributed by atoms with E-state index in [0.29, 0.717) is 22.3 Å². The van der Waals surface area contributed by atoms with Crippen LogP contribution < -0.4 is 5.56 Å². The lowest BCUT2D eigenvalue weighted by Crippen LogP contribution is -2.40. The lowest BCUT2D eigenvalue weighted by atomic mass is 9.92. The van der Waals surface area contributed by atoms with Gasteiger partial charge in [0.05, 0.1) is 16.5 Å². The molecule has 0 saturated carbocycles. The zero-order chi connectivity index (χ0) is 16.0. The summed E-state index contributed by atoms with van der Waals surface area (Å²) in [6.07, 6.45) is 0. The van der Waals surface area contributed by atoms with Gasteiger partial charge in [-0.25, -0.2) is 4.98 Å². The Morgan fingerprint density at radius 3 is 2.24 bits per heavy atom. The predicted molar refractivity (Wildman–Crippen MR) is 84.4 cm³/mol. The molecule has 21 heavy (non-hydrogen) atoms. The molecule has 0 aliphatic heterocycles. The summed E-state index contributed by atoms with van der Waals surface area (Å²) in [6.45, 7) is 12.1. The second-order valence-corrected chi connectivity index (χ2v) is 7.31. The van der Waals surface area contributed by atoms with E-state index in [1.54, 1.807) is 22.8 Å². The highest BCUT2D eigenvalue weighted by molar-refractivity contribution is 5.83. The number of fused-ring (bicyclic) bond motifs is 1. The number of rotatable bonds is 0. The van der Waals surface area contributed by atoms with Crippen LogP contribution >= 0.6 is 0 Å². The molecule has 4 nitrogen and oxygen atoms in total. The second-order valence-electron chi connectivity index (χ2n) is 7.31. The molecular formula is C17H21N3O. The topological polar surface area (TPSA) is 58.7 Å². The molecule has 2 rings (SSSR count). The van der Waals surface area contributed by atoms with Gasteiger partial charge in [0.1, 0.15) is 11.9 Å². The van der Waals surface area contributed by atoms with E-state index in [4.69, 9.17) is 0 Å². The van der Waals surface area contributed by atoms with Crippen molar-refractivity contribution < 1.29 is 0 Å². The summed E-state index contributed by atoms with van der Waals surface area (Å²) in [5.41, 5.74) is 0.188. The van der Waals surface area contributed by atoms with Gasteiger partial charge < -0.3 is 0 Å². The van der Waals surface area contributed by atoms with E-state index in [-0.39, 0.29) is 16.5 Å². The normalized spacial score (nSPS) is 12.4. The van der Waals surface area contributed by atoms with Crippen molar-refractivity contribution in [2.45, 2.75) is 52.5 Å². The quantitative estimate of drug-likeness (QED) is 0.745. The summed E-state index contributed by atoms with van der Waals surface area (Å²) in [7, 11) is 0. The molecule has 0 spiro atoms. The van der Waals surface area contributed by atoms with E-state index in [1.807, 2.05) is 41.5 Å². The van der Waals surface area contributed by atoms with Gasteiger partial charge in [0.15, 0.2) is 0 Å². The van der Waals surface area contributed by atoms with Crippen molar-refractivity contribution in [3.05, 3.63) is 39.9 Å². The fourth-order valence-electron chi connectivity index (χ4n) is 2.42. The number of nitrogens with zero attached hydrogens (tertiary/aromatic N) is 3. The highest BCUT2D eigenvalue weighted by Crippen LogP contribution is 2.26. The van der Waals surface area contributed by atoms with Crippen molar-refractivity contribution in [3.8, 4) is 6.07 Å². The smallest absolute Gasteiger partial charge is 0.261 e. The maximum absolute atomic E-state index is 12.9. The highest BCUT2D eigenvalue weighted by Gasteiger charge is 2.28. The zero-order valence-electron chi connectivity index (χ0n) is 13.5. The number of benzene rings is 1. The fourth-order valence-corrected chi connectivity index (χ4v) is 2.42. The Bertz CT molecular complexity index is 796. The standard InChI is InChI=1S/C17H21N3O/c1-16(2,3)15-19-13-11(10-18)8-7-9-12(13)14(21)20(15)17(4,5)6/h7-9H,1-6H3. The molecule has 0 atom stereocenters. The van der Waals surface area contributed by atoms with E-state index in [0.717, 1.165) is 0 Å². The van der Waals surface area contributed by atoms with E-state index < -0.39 is 0 Å². The average Bonchev–Trinajstić information content (AvgIpc) is 2.35. The van der Waals surface area contributed by atoms with Crippen molar-refractivity contribution >= 4 is 10.9 Å². The minimum atomic E-state index is -0.371. The molecule has 0 saturated heterocycles. The Labute approximate surface area is 125 Å². The summed E-state index contributed by atoms with van der Waals surface area (Å²) in [4.78, 5) is 17.6. The van der Waals surface area contributed by atoms with Gasteiger partial charge in [-0.15, -0.1) is 0 Å². The van der Waals surface area contributed by atoms with Crippen LogP contribution in [0.3, 0.4) is 0 Å². The molecule has 4 heteroatoms. The van der Waals surface area contributed by atoms with Gasteiger partial charge in [0, 0.05) is 11.0 Å². The van der Waals surface area contributed by atoms with Gasteiger partial charge in [-0.05, 0) is 32.9 Å². The largest absolute Gasteiger partial charge is 0.290 e. The van der Waals surface area contributed by atoms with Gasteiger partial charge in [-0.1, -0.05) is 26.8 Å². The number of nitriles is 1. The van der Waals surface area contributed by atoms with Crippen molar-refractivity contribution in [1.82, 2.24) is 9.55 Å². The third-order valence-electron chi connectivity index (χ3n) is 3.36. The minimum Gasteiger partial charge on any atom is -0.290 e. The van der Waals surface area contributed by atoms with Crippen LogP contribution in [0.2, 0.25) is 0 Å². The van der Waals surface area contributed by atoms with Crippen LogP contribution in [0.4, 0.5) is 0 Å². The Morgan fingerprint density at radius 1 is 1.14 bits per heavy atom. The summed E-state index contributed by atoms with van der Waals surface area (Å²) in [6, 6.07) is 7.29. The lowest BCUT2D eigenvalue weighted by Gasteiger charge is -2.31. The Hall–Kier alpha value is -2.15. The number of para-hydroxylation sites is 1. The fraction of sp³-hybridized carbons (Fsp3) is 0.471. The Kier molecular flexibility index (Phi) is 3.41. The molecule has 0 aliphatic rings. The first kappa shape index (κ1) is 15.2. The summed E-state index contributed by atoms with van der Waals surface area (Å²) in [5.74, 6) is 0.704. The molecule has 0 amide bonds. The molecule has 0 fully saturated rings. The van der Waals surface area contributed by atoms with Crippen LogP contribution in [-0.4, -0.2) is 9.55 Å². The van der Waals surface area contributed by atoms with Gasteiger partial charge >= 0.3 is 0 Å². The Morgan fingerprint density at radius 2 is 1.76 bits per heavy atom. The maximum atomic E-state index is 12.9. The molecular weight excluding hydrogens is 262 g/mol. The maximum Gasteiger partial charge on any atom is 0.261 e. The van der Waals surface area contributed by atoms with E-state index in [1.165, 1.54) is 0 Å². The molecule has 0 unspecified atom stereocenters. The van der Waals surface area contributed by atoms with Gasteiger partial charge in [-0.2, -0.15) is 5.26 Å². The third-order valence-corrected chi connectivity index (χ3v) is 3.36. The second kappa shape index (κ2) is 4.70. The number of hydrogen-bond donors (Lipinski definition) is 0. The summed E-state index contributed by atoms with van der Waals surface area (Å²) in [5, 5.41) is 9.75. The molecule has 1 aromatic carbocycles. The SMILES string of the molecule is CC(C)(C)c1nc2c(C#N)cccc2c(=O)n1C(C)(C)C. The summed E-state index contributed by atoms with van der Waals surface area (Å²) >= 11 is 0. The molecule has 110 valence electrons. The third kappa shape index (κ3) is 2.56. The van der Waals surface area contributed by atoms with Crippen LogP contribution in [0.15, 0.2) is 23.0 Å². The minimum absolute atomic E-state index is 0.0884. The van der Waals surface area contributed by atoms with Crippen molar-refractivity contribution in [2.75, 3.05) is 0 Å². The van der Waals surface area contributed by atoms with Crippen LogP contribution in [0.5, 0.6) is 0 Å². The van der Waals surface area contributed by atoms with Crippen molar-refractivity contribution in [1.29, 1.82) is 5.26 Å². The molecule has 0 aliphatic carbocycles. The van der Waals surface area contributed by atoms with E-state index >= 15 is 0 Å². The molecule has 1 heterocycles. The highest BCUT2D eigenvalue weighted by atomic mass is 16.1. The van der Waals surface area contributed by atoms with Crippen LogP contribution in [0, 0.1) is 11.3 Å². The average molecular weight is 283 g/mol. The number of hydrogen-bond acceptors (Lipinski definition) is 3. The van der Waals surface area contributed by atoms with E-state index in [2.05, 4.69) is 11.1 Å². The van der Waals surface area contributed by atoms with E-state index in [9.17, 15) is 10.1 Å². The van der Waals surface area contributed by atoms with Gasteiger partial charge in [0.25, 0.3) is 5.56 Å². The number of aromatic nitrogens is 2. The monoisotopic (exact) mass is 283 g/mol. The summed E-state index contributed by atoms with van der Waals surface area (Å²) < 4.78 is 1.75. The van der Waals surface area contributed by atoms with Gasteiger partial charge in [0.2, 0.25) is 0 Å². The molecule has 0 bridgehead atoms. The first-order valence-corrected chi connectivity index (χ1v) is 7.04. The molecule has 0 radical (unpaired) electrons. The lowest BCUT2D eigenvalue weighted by molar-refractivity contribution is 0.338. The molecule has 0 N–H and O–H groups in total. The van der Waals surface area contributed by atoms with Crippen LogP contribution in [0.1, 0.15) is 52.9 Å². The predicted octanol–water partition coefficient (Wildman–Crippen LogP) is 3.32. The van der Waals surface area contributed by atoms with Crippen molar-refractivity contribution in [3.63, 3.8) is 0 Å². The first-order chi connectivity index (χ1) is 9.57. The van der Waals surface area contributed by atoms with Crippen LogP contribution in [-0.2, 0) is 11.0 Å². The Balaban J connectivity index is 3.07. The molecule has 1 aromatic heterocycles. The van der Waals surface area contributed by atoms with Crippen LogP contribution in [0.25, 0.3) is 10.9 Å².